The second kappa shape index (κ2) is 5.95. The van der Waals surface area contributed by atoms with Crippen LogP contribution in [0, 0.1) is 5.82 Å². The van der Waals surface area contributed by atoms with Crippen molar-refractivity contribution in [3.63, 3.8) is 0 Å². The summed E-state index contributed by atoms with van der Waals surface area (Å²) >= 11 is 9.42. The Hall–Kier alpha value is -1.72. The second-order valence-corrected chi connectivity index (χ2v) is 5.63. The van der Waals surface area contributed by atoms with Crippen LogP contribution in [-0.2, 0) is 6.42 Å². The average Bonchev–Trinajstić information content (AvgIpc) is 2.92. The van der Waals surface area contributed by atoms with Gasteiger partial charge in [-0.25, -0.2) is 4.39 Å². The minimum absolute atomic E-state index is 0.180. The standard InChI is InChI=1S/C15H9BrClFN2O/c16-11-5-2-1-4-9(11)15-19-14(20-21-15)8-10-12(17)6-3-7-13(10)18/h1-7H,8H2. The van der Waals surface area contributed by atoms with Crippen LogP contribution < -0.4 is 0 Å². The molecule has 106 valence electrons. The van der Waals surface area contributed by atoms with Crippen molar-refractivity contribution in [2.45, 2.75) is 6.42 Å². The molecule has 0 atom stereocenters. The van der Waals surface area contributed by atoms with Crippen molar-refractivity contribution < 1.29 is 8.91 Å². The van der Waals surface area contributed by atoms with E-state index >= 15 is 0 Å². The van der Waals surface area contributed by atoms with Crippen molar-refractivity contribution in [3.05, 3.63) is 69.2 Å². The predicted octanol–water partition coefficient (Wildman–Crippen LogP) is 4.88. The molecule has 0 fully saturated rings. The first kappa shape index (κ1) is 14.2. The number of rotatable bonds is 3. The van der Waals surface area contributed by atoms with Crippen LogP contribution in [0.3, 0.4) is 0 Å². The van der Waals surface area contributed by atoms with E-state index in [1.165, 1.54) is 6.07 Å². The molecule has 0 aliphatic rings. The summed E-state index contributed by atoms with van der Waals surface area (Å²) in [5.74, 6) is 0.382. The van der Waals surface area contributed by atoms with Crippen LogP contribution in [0.5, 0.6) is 0 Å². The van der Waals surface area contributed by atoms with Crippen LogP contribution in [0.25, 0.3) is 11.5 Å². The van der Waals surface area contributed by atoms with Gasteiger partial charge in [-0.15, -0.1) is 0 Å². The van der Waals surface area contributed by atoms with E-state index in [2.05, 4.69) is 26.1 Å². The highest BCUT2D eigenvalue weighted by Gasteiger charge is 2.15. The topological polar surface area (TPSA) is 38.9 Å². The van der Waals surface area contributed by atoms with E-state index in [0.29, 0.717) is 22.3 Å². The fourth-order valence-electron chi connectivity index (χ4n) is 1.93. The Kier molecular flexibility index (Phi) is 4.03. The van der Waals surface area contributed by atoms with Crippen LogP contribution in [0.15, 0.2) is 51.5 Å². The van der Waals surface area contributed by atoms with Crippen LogP contribution >= 0.6 is 27.5 Å². The first-order chi connectivity index (χ1) is 10.1. The number of hydrogen-bond donors (Lipinski definition) is 0. The summed E-state index contributed by atoms with van der Waals surface area (Å²) in [4.78, 5) is 4.29. The van der Waals surface area contributed by atoms with E-state index in [9.17, 15) is 4.39 Å². The Bertz CT molecular complexity index is 771. The van der Waals surface area contributed by atoms with E-state index in [1.54, 1.807) is 12.1 Å². The summed E-state index contributed by atoms with van der Waals surface area (Å²) in [5.41, 5.74) is 1.15. The third-order valence-electron chi connectivity index (χ3n) is 2.97. The van der Waals surface area contributed by atoms with Crippen LogP contribution in [-0.4, -0.2) is 10.1 Å². The maximum Gasteiger partial charge on any atom is 0.259 e. The largest absolute Gasteiger partial charge is 0.334 e. The molecule has 0 N–H and O–H groups in total. The van der Waals surface area contributed by atoms with Gasteiger partial charge in [0.25, 0.3) is 5.89 Å². The van der Waals surface area contributed by atoms with E-state index in [0.717, 1.165) is 10.0 Å². The zero-order valence-electron chi connectivity index (χ0n) is 10.7. The third-order valence-corrected chi connectivity index (χ3v) is 4.01. The maximum absolute atomic E-state index is 13.8. The minimum Gasteiger partial charge on any atom is -0.334 e. The number of aromatic nitrogens is 2. The van der Waals surface area contributed by atoms with Crippen LogP contribution in [0.1, 0.15) is 11.4 Å². The summed E-state index contributed by atoms with van der Waals surface area (Å²) in [5, 5.41) is 4.23. The zero-order chi connectivity index (χ0) is 14.8. The van der Waals surface area contributed by atoms with Gasteiger partial charge >= 0.3 is 0 Å². The maximum atomic E-state index is 13.8. The fraction of sp³-hybridized carbons (Fsp3) is 0.0667. The molecule has 0 bridgehead atoms. The molecule has 0 unspecified atom stereocenters. The summed E-state index contributed by atoms with van der Waals surface area (Å²) < 4.78 is 19.8. The van der Waals surface area contributed by atoms with Gasteiger partial charge in [0.15, 0.2) is 5.82 Å². The van der Waals surface area contributed by atoms with E-state index in [1.807, 2.05) is 24.3 Å². The molecule has 1 heterocycles. The molecule has 0 spiro atoms. The average molecular weight is 368 g/mol. The summed E-state index contributed by atoms with van der Waals surface area (Å²) in [6, 6.07) is 12.1. The van der Waals surface area contributed by atoms with Gasteiger partial charge < -0.3 is 4.52 Å². The zero-order valence-corrected chi connectivity index (χ0v) is 13.0. The SMILES string of the molecule is Fc1cccc(Cl)c1Cc1noc(-c2ccccc2Br)n1. The Labute approximate surface area is 133 Å². The van der Waals surface area contributed by atoms with E-state index in [-0.39, 0.29) is 12.2 Å². The molecule has 0 saturated carbocycles. The van der Waals surface area contributed by atoms with Gasteiger partial charge in [0, 0.05) is 21.5 Å². The molecule has 1 aromatic heterocycles. The molecular formula is C15H9BrClFN2O. The number of halogens is 3. The summed E-state index contributed by atoms with van der Waals surface area (Å²) in [6.07, 6.45) is 0.180. The van der Waals surface area contributed by atoms with Gasteiger partial charge in [-0.1, -0.05) is 35.0 Å². The highest BCUT2D eigenvalue weighted by Crippen LogP contribution is 2.27. The lowest BCUT2D eigenvalue weighted by molar-refractivity contribution is 0.423. The number of nitrogens with zero attached hydrogens (tertiary/aromatic N) is 2. The highest BCUT2D eigenvalue weighted by molar-refractivity contribution is 9.10. The van der Waals surface area contributed by atoms with E-state index < -0.39 is 0 Å². The third kappa shape index (κ3) is 2.99. The molecule has 2 aromatic carbocycles. The second-order valence-electron chi connectivity index (χ2n) is 4.37. The van der Waals surface area contributed by atoms with Crippen molar-refractivity contribution in [3.8, 4) is 11.5 Å². The van der Waals surface area contributed by atoms with Crippen molar-refractivity contribution in [1.29, 1.82) is 0 Å². The molecule has 0 aliphatic heterocycles. The lowest BCUT2D eigenvalue weighted by Crippen LogP contribution is -1.96. The predicted molar refractivity (Wildman–Crippen MR) is 81.7 cm³/mol. The molecule has 0 aliphatic carbocycles. The van der Waals surface area contributed by atoms with Crippen molar-refractivity contribution in [1.82, 2.24) is 10.1 Å². The lowest BCUT2D eigenvalue weighted by atomic mass is 10.1. The normalized spacial score (nSPS) is 10.8. The molecule has 0 radical (unpaired) electrons. The summed E-state index contributed by atoms with van der Waals surface area (Å²) in [6.45, 7) is 0. The molecule has 21 heavy (non-hydrogen) atoms. The van der Waals surface area contributed by atoms with Gasteiger partial charge in [-0.05, 0) is 40.2 Å². The number of hydrogen-bond acceptors (Lipinski definition) is 3. The van der Waals surface area contributed by atoms with Crippen LogP contribution in [0.2, 0.25) is 5.02 Å². The number of benzene rings is 2. The highest BCUT2D eigenvalue weighted by atomic mass is 79.9. The van der Waals surface area contributed by atoms with Crippen molar-refractivity contribution in [2.24, 2.45) is 0 Å². The first-order valence-corrected chi connectivity index (χ1v) is 7.32. The Morgan fingerprint density at radius 2 is 1.95 bits per heavy atom. The van der Waals surface area contributed by atoms with Gasteiger partial charge in [0.05, 0.1) is 5.56 Å². The minimum atomic E-state index is -0.380. The lowest BCUT2D eigenvalue weighted by Gasteiger charge is -2.01. The quantitative estimate of drug-likeness (QED) is 0.662. The first-order valence-electron chi connectivity index (χ1n) is 6.15. The summed E-state index contributed by atoms with van der Waals surface area (Å²) in [7, 11) is 0. The van der Waals surface area contributed by atoms with Crippen LogP contribution in [0.4, 0.5) is 4.39 Å². The Balaban J connectivity index is 1.91. The molecule has 0 amide bonds. The Morgan fingerprint density at radius 3 is 2.71 bits per heavy atom. The fourth-order valence-corrected chi connectivity index (χ4v) is 2.61. The Morgan fingerprint density at radius 1 is 1.14 bits per heavy atom. The van der Waals surface area contributed by atoms with Crippen molar-refractivity contribution in [2.75, 3.05) is 0 Å². The molecule has 3 rings (SSSR count). The molecule has 6 heteroatoms. The molecule has 3 aromatic rings. The monoisotopic (exact) mass is 366 g/mol. The smallest absolute Gasteiger partial charge is 0.259 e. The van der Waals surface area contributed by atoms with Gasteiger partial charge in [-0.2, -0.15) is 4.98 Å². The van der Waals surface area contributed by atoms with Gasteiger partial charge in [-0.3, -0.25) is 0 Å². The van der Waals surface area contributed by atoms with Gasteiger partial charge in [0.1, 0.15) is 5.82 Å². The van der Waals surface area contributed by atoms with Gasteiger partial charge in [0.2, 0.25) is 0 Å². The molecular weight excluding hydrogens is 359 g/mol. The van der Waals surface area contributed by atoms with Crippen molar-refractivity contribution >= 4 is 27.5 Å². The molecule has 0 saturated heterocycles. The molecule has 3 nitrogen and oxygen atoms in total. The van der Waals surface area contributed by atoms with E-state index in [4.69, 9.17) is 16.1 Å².